The molecular formula is C11H16ClF2NO. The van der Waals surface area contributed by atoms with Gasteiger partial charge in [-0.15, -0.1) is 12.4 Å². The van der Waals surface area contributed by atoms with Gasteiger partial charge in [0.1, 0.15) is 5.75 Å². The smallest absolute Gasteiger partial charge is 0.162 e. The zero-order valence-corrected chi connectivity index (χ0v) is 10.1. The summed E-state index contributed by atoms with van der Waals surface area (Å²) in [5.74, 6) is -1.39. The molecule has 0 fully saturated rings. The maximum atomic E-state index is 13.0. The fourth-order valence-electron chi connectivity index (χ4n) is 1.37. The van der Waals surface area contributed by atoms with Crippen LogP contribution in [0, 0.1) is 11.6 Å². The number of hydrogen-bond acceptors (Lipinski definition) is 2. The average molecular weight is 252 g/mol. The molecule has 92 valence electrons. The number of ether oxygens (including phenoxy) is 1. The van der Waals surface area contributed by atoms with Gasteiger partial charge in [0.2, 0.25) is 0 Å². The highest BCUT2D eigenvalue weighted by Crippen LogP contribution is 2.23. The van der Waals surface area contributed by atoms with Gasteiger partial charge in [-0.1, -0.05) is 0 Å². The Kier molecular flexibility index (Phi) is 6.29. The van der Waals surface area contributed by atoms with Crippen LogP contribution < -0.4 is 10.5 Å². The van der Waals surface area contributed by atoms with E-state index in [4.69, 9.17) is 10.5 Å². The first-order valence-corrected chi connectivity index (χ1v) is 4.91. The lowest BCUT2D eigenvalue weighted by Gasteiger charge is -2.12. The van der Waals surface area contributed by atoms with Crippen LogP contribution in [0.4, 0.5) is 8.78 Å². The van der Waals surface area contributed by atoms with Crippen molar-refractivity contribution in [1.29, 1.82) is 0 Å². The standard InChI is InChI=1S/C11H15F2NO.ClH/c1-3-15-11-6-10(13)9(12)5-8(11)4-7(2)14;/h5-7H,3-4,14H2,1-2H3;1H. The van der Waals surface area contributed by atoms with Crippen molar-refractivity contribution in [3.05, 3.63) is 29.3 Å². The van der Waals surface area contributed by atoms with Gasteiger partial charge < -0.3 is 10.5 Å². The van der Waals surface area contributed by atoms with E-state index in [9.17, 15) is 8.78 Å². The van der Waals surface area contributed by atoms with Gasteiger partial charge in [0, 0.05) is 12.1 Å². The second-order valence-corrected chi connectivity index (χ2v) is 3.49. The van der Waals surface area contributed by atoms with Crippen LogP contribution in [0.1, 0.15) is 19.4 Å². The third-order valence-corrected chi connectivity index (χ3v) is 1.95. The van der Waals surface area contributed by atoms with Gasteiger partial charge in [-0.2, -0.15) is 0 Å². The number of hydrogen-bond donors (Lipinski definition) is 1. The first-order valence-electron chi connectivity index (χ1n) is 4.91. The van der Waals surface area contributed by atoms with E-state index in [1.807, 2.05) is 0 Å². The maximum absolute atomic E-state index is 13.0. The molecule has 1 rings (SSSR count). The van der Waals surface area contributed by atoms with Gasteiger partial charge in [0.05, 0.1) is 6.61 Å². The Morgan fingerprint density at radius 2 is 1.88 bits per heavy atom. The minimum atomic E-state index is -0.896. The highest BCUT2D eigenvalue weighted by molar-refractivity contribution is 5.85. The highest BCUT2D eigenvalue weighted by atomic mass is 35.5. The summed E-state index contributed by atoms with van der Waals surface area (Å²) in [4.78, 5) is 0. The summed E-state index contributed by atoms with van der Waals surface area (Å²) in [6.07, 6.45) is 0.465. The van der Waals surface area contributed by atoms with E-state index in [-0.39, 0.29) is 18.4 Å². The molecule has 0 radical (unpaired) electrons. The van der Waals surface area contributed by atoms with E-state index in [2.05, 4.69) is 0 Å². The molecule has 1 unspecified atom stereocenters. The Morgan fingerprint density at radius 3 is 2.38 bits per heavy atom. The van der Waals surface area contributed by atoms with Crippen molar-refractivity contribution in [3.63, 3.8) is 0 Å². The van der Waals surface area contributed by atoms with Gasteiger partial charge in [-0.05, 0) is 31.9 Å². The second-order valence-electron chi connectivity index (χ2n) is 3.49. The molecule has 0 saturated heterocycles. The molecular weight excluding hydrogens is 236 g/mol. The maximum Gasteiger partial charge on any atom is 0.162 e. The van der Waals surface area contributed by atoms with Crippen LogP contribution in [0.3, 0.4) is 0 Å². The topological polar surface area (TPSA) is 35.2 Å². The fraction of sp³-hybridized carbons (Fsp3) is 0.455. The Morgan fingerprint density at radius 1 is 1.31 bits per heavy atom. The summed E-state index contributed by atoms with van der Waals surface area (Å²) in [6.45, 7) is 4.00. The minimum Gasteiger partial charge on any atom is -0.493 e. The first-order chi connectivity index (χ1) is 7.04. The molecule has 0 aliphatic heterocycles. The largest absolute Gasteiger partial charge is 0.493 e. The summed E-state index contributed by atoms with van der Waals surface area (Å²) in [6, 6.07) is 2.09. The van der Waals surface area contributed by atoms with E-state index in [1.54, 1.807) is 13.8 Å². The molecule has 0 aliphatic rings. The molecule has 0 aliphatic carbocycles. The van der Waals surface area contributed by atoms with Crippen LogP contribution in [-0.2, 0) is 6.42 Å². The third kappa shape index (κ3) is 3.94. The third-order valence-electron chi connectivity index (χ3n) is 1.95. The van der Waals surface area contributed by atoms with Crippen LogP contribution in [0.25, 0.3) is 0 Å². The molecule has 0 spiro atoms. The van der Waals surface area contributed by atoms with E-state index in [0.717, 1.165) is 12.1 Å². The number of benzene rings is 1. The molecule has 0 amide bonds. The minimum absolute atomic E-state index is 0. The van der Waals surface area contributed by atoms with Crippen LogP contribution in [0.15, 0.2) is 12.1 Å². The molecule has 0 aromatic heterocycles. The number of halogens is 3. The zero-order valence-electron chi connectivity index (χ0n) is 9.30. The van der Waals surface area contributed by atoms with Crippen LogP contribution in [0.2, 0.25) is 0 Å². The molecule has 0 saturated carbocycles. The van der Waals surface area contributed by atoms with E-state index < -0.39 is 11.6 Å². The molecule has 2 N–H and O–H groups in total. The predicted molar refractivity (Wildman–Crippen MR) is 62.1 cm³/mol. The van der Waals surface area contributed by atoms with Gasteiger partial charge in [0.15, 0.2) is 11.6 Å². The van der Waals surface area contributed by atoms with Gasteiger partial charge in [-0.25, -0.2) is 8.78 Å². The predicted octanol–water partition coefficient (Wildman–Crippen LogP) is 2.68. The second kappa shape index (κ2) is 6.66. The van der Waals surface area contributed by atoms with Gasteiger partial charge >= 0.3 is 0 Å². The first kappa shape index (κ1) is 15.1. The SMILES string of the molecule is CCOc1cc(F)c(F)cc1CC(C)N.Cl. The van der Waals surface area contributed by atoms with Gasteiger partial charge in [-0.3, -0.25) is 0 Å². The van der Waals surface area contributed by atoms with Crippen LogP contribution in [0.5, 0.6) is 5.75 Å². The quantitative estimate of drug-likeness (QED) is 0.893. The Bertz CT molecular complexity index is 345. The number of nitrogens with two attached hydrogens (primary N) is 1. The molecule has 1 aromatic carbocycles. The fourth-order valence-corrected chi connectivity index (χ4v) is 1.37. The summed E-state index contributed by atoms with van der Waals surface area (Å²) in [5.41, 5.74) is 6.21. The van der Waals surface area contributed by atoms with E-state index >= 15 is 0 Å². The highest BCUT2D eigenvalue weighted by Gasteiger charge is 2.11. The molecule has 0 bridgehead atoms. The van der Waals surface area contributed by atoms with Crippen molar-refractivity contribution < 1.29 is 13.5 Å². The van der Waals surface area contributed by atoms with Crippen molar-refractivity contribution in [3.8, 4) is 5.75 Å². The molecule has 1 aromatic rings. The lowest BCUT2D eigenvalue weighted by Crippen LogP contribution is -2.18. The molecule has 16 heavy (non-hydrogen) atoms. The molecule has 1 atom stereocenters. The van der Waals surface area contributed by atoms with Crippen molar-refractivity contribution in [1.82, 2.24) is 0 Å². The summed E-state index contributed by atoms with van der Waals surface area (Å²) in [7, 11) is 0. The molecule has 2 nitrogen and oxygen atoms in total. The Hall–Kier alpha value is -0.870. The molecule has 0 heterocycles. The Labute approximate surface area is 100 Å². The lowest BCUT2D eigenvalue weighted by molar-refractivity contribution is 0.331. The van der Waals surface area contributed by atoms with Gasteiger partial charge in [0.25, 0.3) is 0 Å². The van der Waals surface area contributed by atoms with Crippen LogP contribution >= 0.6 is 12.4 Å². The summed E-state index contributed by atoms with van der Waals surface area (Å²) >= 11 is 0. The summed E-state index contributed by atoms with van der Waals surface area (Å²) < 4.78 is 31.1. The van der Waals surface area contributed by atoms with E-state index in [0.29, 0.717) is 24.3 Å². The van der Waals surface area contributed by atoms with Crippen LogP contribution in [-0.4, -0.2) is 12.6 Å². The normalized spacial score (nSPS) is 11.8. The van der Waals surface area contributed by atoms with Crippen molar-refractivity contribution in [2.24, 2.45) is 5.73 Å². The Balaban J connectivity index is 0.00000225. The van der Waals surface area contributed by atoms with Crippen molar-refractivity contribution >= 4 is 12.4 Å². The van der Waals surface area contributed by atoms with E-state index in [1.165, 1.54) is 0 Å². The van der Waals surface area contributed by atoms with Crippen molar-refractivity contribution in [2.45, 2.75) is 26.3 Å². The van der Waals surface area contributed by atoms with Crippen molar-refractivity contribution in [2.75, 3.05) is 6.61 Å². The number of rotatable bonds is 4. The lowest BCUT2D eigenvalue weighted by atomic mass is 10.1. The zero-order chi connectivity index (χ0) is 11.4. The summed E-state index contributed by atoms with van der Waals surface area (Å²) in [5, 5.41) is 0. The average Bonchev–Trinajstić information content (AvgIpc) is 2.13. The molecule has 5 heteroatoms. The monoisotopic (exact) mass is 251 g/mol.